The molecule has 2 saturated heterocycles. The van der Waals surface area contributed by atoms with E-state index in [1.807, 2.05) is 0 Å². The van der Waals surface area contributed by atoms with E-state index in [1.165, 1.54) is 58.3 Å². The van der Waals surface area contributed by atoms with Gasteiger partial charge in [-0.3, -0.25) is 9.89 Å². The molecule has 124 valence electrons. The van der Waals surface area contributed by atoms with Gasteiger partial charge >= 0.3 is 0 Å². The number of rotatable bonds is 4. The largest absolute Gasteiger partial charge is 0.355 e. The smallest absolute Gasteiger partial charge is 0.191 e. The molecule has 0 aromatic rings. The molecule has 2 heterocycles. The molecule has 0 unspecified atom stereocenters. The number of aliphatic imine (C=N–C) groups is 1. The van der Waals surface area contributed by atoms with Crippen molar-refractivity contribution >= 4 is 5.96 Å². The Labute approximate surface area is 135 Å². The maximum atomic E-state index is 5.32. The maximum absolute atomic E-state index is 5.32. The summed E-state index contributed by atoms with van der Waals surface area (Å²) in [4.78, 5) is 9.44. The maximum Gasteiger partial charge on any atom is 0.191 e. The first-order valence-electron chi connectivity index (χ1n) is 8.52. The van der Waals surface area contributed by atoms with Crippen molar-refractivity contribution < 1.29 is 0 Å². The third-order valence-electron chi connectivity index (χ3n) is 5.11. The molecule has 2 rings (SSSR count). The molecule has 0 atom stereocenters. The van der Waals surface area contributed by atoms with Crippen molar-refractivity contribution in [3.63, 3.8) is 0 Å². The van der Waals surface area contributed by atoms with E-state index in [2.05, 4.69) is 38.4 Å². The first-order valence-corrected chi connectivity index (χ1v) is 8.52. The molecule has 0 radical (unpaired) electrons. The van der Waals surface area contributed by atoms with Crippen LogP contribution >= 0.6 is 0 Å². The number of nitrogens with one attached hydrogen (secondary N) is 2. The quantitative estimate of drug-likeness (QED) is 0.457. The van der Waals surface area contributed by atoms with Crippen LogP contribution in [0.1, 0.15) is 32.1 Å². The van der Waals surface area contributed by atoms with E-state index >= 15 is 0 Å². The summed E-state index contributed by atoms with van der Waals surface area (Å²) >= 11 is 0. The zero-order valence-corrected chi connectivity index (χ0v) is 14.2. The molecule has 0 aromatic heterocycles. The highest BCUT2D eigenvalue weighted by Gasteiger charge is 2.39. The first-order chi connectivity index (χ1) is 10.7. The molecule has 0 spiro atoms. The van der Waals surface area contributed by atoms with Gasteiger partial charge in [0.1, 0.15) is 0 Å². The van der Waals surface area contributed by atoms with Gasteiger partial charge in [-0.2, -0.15) is 0 Å². The highest BCUT2D eigenvalue weighted by atomic mass is 15.3. The van der Waals surface area contributed by atoms with E-state index in [1.54, 1.807) is 7.05 Å². The van der Waals surface area contributed by atoms with Gasteiger partial charge in [-0.05, 0) is 58.9 Å². The van der Waals surface area contributed by atoms with Crippen molar-refractivity contribution in [3.8, 4) is 12.3 Å². The highest BCUT2D eigenvalue weighted by molar-refractivity contribution is 5.79. The van der Waals surface area contributed by atoms with Gasteiger partial charge in [-0.15, -0.1) is 6.42 Å². The normalized spacial score (nSPS) is 23.8. The Balaban J connectivity index is 2.00. The Morgan fingerprint density at radius 3 is 2.41 bits per heavy atom. The predicted octanol–water partition coefficient (Wildman–Crippen LogP) is 0.735. The van der Waals surface area contributed by atoms with Crippen LogP contribution in [0.15, 0.2) is 4.99 Å². The van der Waals surface area contributed by atoms with Crippen LogP contribution < -0.4 is 10.6 Å². The molecule has 0 aromatic carbocycles. The molecule has 2 aliphatic heterocycles. The number of likely N-dealkylation sites (tertiary alicyclic amines) is 2. The minimum atomic E-state index is 0.265. The van der Waals surface area contributed by atoms with Crippen molar-refractivity contribution in [3.05, 3.63) is 0 Å². The second kappa shape index (κ2) is 8.40. The molecule has 2 fully saturated rings. The molecule has 22 heavy (non-hydrogen) atoms. The van der Waals surface area contributed by atoms with Crippen molar-refractivity contribution in [2.75, 3.05) is 53.4 Å². The van der Waals surface area contributed by atoms with Gasteiger partial charge in [0.25, 0.3) is 0 Å². The fourth-order valence-electron chi connectivity index (χ4n) is 3.61. The summed E-state index contributed by atoms with van der Waals surface area (Å²) < 4.78 is 0. The summed E-state index contributed by atoms with van der Waals surface area (Å²) in [5.41, 5.74) is 0.265. The first kappa shape index (κ1) is 17.1. The van der Waals surface area contributed by atoms with E-state index in [9.17, 15) is 0 Å². The number of hydrogen-bond donors (Lipinski definition) is 2. The third-order valence-corrected chi connectivity index (χ3v) is 5.11. The van der Waals surface area contributed by atoms with E-state index in [0.29, 0.717) is 6.54 Å². The van der Waals surface area contributed by atoms with E-state index in [-0.39, 0.29) is 5.54 Å². The Kier molecular flexibility index (Phi) is 6.53. The lowest BCUT2D eigenvalue weighted by Gasteiger charge is -2.50. The van der Waals surface area contributed by atoms with Crippen LogP contribution in [-0.4, -0.2) is 74.7 Å². The lowest BCUT2D eigenvalue weighted by Crippen LogP contribution is -2.62. The monoisotopic (exact) mass is 305 g/mol. The van der Waals surface area contributed by atoms with Crippen molar-refractivity contribution in [2.45, 2.75) is 37.6 Å². The topological polar surface area (TPSA) is 42.9 Å². The van der Waals surface area contributed by atoms with Crippen molar-refractivity contribution in [1.82, 2.24) is 20.4 Å². The fraction of sp³-hybridized carbons (Fsp3) is 0.824. The van der Waals surface area contributed by atoms with Gasteiger partial charge in [0.05, 0.1) is 6.54 Å². The summed E-state index contributed by atoms with van der Waals surface area (Å²) in [6.07, 6.45) is 11.8. The molecule has 0 amide bonds. The summed E-state index contributed by atoms with van der Waals surface area (Å²) in [7, 11) is 4.02. The molecular formula is C17H31N5. The minimum absolute atomic E-state index is 0.265. The Morgan fingerprint density at radius 1 is 1.14 bits per heavy atom. The Hall–Kier alpha value is -1.25. The van der Waals surface area contributed by atoms with Gasteiger partial charge < -0.3 is 15.5 Å². The molecule has 0 aliphatic carbocycles. The SMILES string of the molecule is C#CCNC(=NC)NCC1(N2CCCCC2)CCN(C)CC1. The Bertz CT molecular complexity index is 398. The van der Waals surface area contributed by atoms with E-state index < -0.39 is 0 Å². The highest BCUT2D eigenvalue weighted by Crippen LogP contribution is 2.30. The second-order valence-electron chi connectivity index (χ2n) is 6.56. The van der Waals surface area contributed by atoms with Crippen LogP contribution in [0.3, 0.4) is 0 Å². The second-order valence-corrected chi connectivity index (χ2v) is 6.56. The average molecular weight is 305 g/mol. The van der Waals surface area contributed by atoms with Gasteiger partial charge in [-0.25, -0.2) is 0 Å². The number of nitrogens with zero attached hydrogens (tertiary/aromatic N) is 3. The fourth-order valence-corrected chi connectivity index (χ4v) is 3.61. The molecule has 5 nitrogen and oxygen atoms in total. The van der Waals surface area contributed by atoms with Crippen molar-refractivity contribution in [1.29, 1.82) is 0 Å². The van der Waals surface area contributed by atoms with Crippen LogP contribution in [0, 0.1) is 12.3 Å². The van der Waals surface area contributed by atoms with Crippen LogP contribution in [0.2, 0.25) is 0 Å². The van der Waals surface area contributed by atoms with Gasteiger partial charge in [-0.1, -0.05) is 12.3 Å². The number of hydrogen-bond acceptors (Lipinski definition) is 3. The summed E-state index contributed by atoms with van der Waals surface area (Å²) in [6.45, 7) is 6.29. The Morgan fingerprint density at radius 2 is 1.82 bits per heavy atom. The van der Waals surface area contributed by atoms with Crippen molar-refractivity contribution in [2.24, 2.45) is 4.99 Å². The van der Waals surface area contributed by atoms with Gasteiger partial charge in [0.2, 0.25) is 0 Å². The molecule has 0 bridgehead atoms. The molecule has 2 aliphatic rings. The van der Waals surface area contributed by atoms with Crippen LogP contribution in [-0.2, 0) is 0 Å². The van der Waals surface area contributed by atoms with Gasteiger partial charge in [0.15, 0.2) is 5.96 Å². The molecule has 5 heteroatoms. The predicted molar refractivity (Wildman–Crippen MR) is 93.1 cm³/mol. The molecule has 0 saturated carbocycles. The average Bonchev–Trinajstić information content (AvgIpc) is 2.58. The third kappa shape index (κ3) is 4.37. The summed E-state index contributed by atoms with van der Waals surface area (Å²) in [6, 6.07) is 0. The zero-order chi connectivity index (χ0) is 15.8. The lowest BCUT2D eigenvalue weighted by molar-refractivity contribution is 0.0173. The number of guanidine groups is 1. The van der Waals surface area contributed by atoms with Crippen LogP contribution in [0.5, 0.6) is 0 Å². The van der Waals surface area contributed by atoms with Gasteiger partial charge in [0, 0.05) is 19.1 Å². The number of terminal acetylenes is 1. The lowest BCUT2D eigenvalue weighted by atomic mass is 9.84. The molecule has 2 N–H and O–H groups in total. The van der Waals surface area contributed by atoms with Crippen LogP contribution in [0.4, 0.5) is 0 Å². The standard InChI is InChI=1S/C17H31N5/c1-4-10-19-16(18-2)20-15-17(8-13-21(3)14-9-17)22-11-6-5-7-12-22/h1H,5-15H2,2-3H3,(H2,18,19,20). The minimum Gasteiger partial charge on any atom is -0.355 e. The summed E-state index contributed by atoms with van der Waals surface area (Å²) in [5.74, 6) is 3.41. The summed E-state index contributed by atoms with van der Waals surface area (Å²) in [5, 5.41) is 6.67. The van der Waals surface area contributed by atoms with E-state index in [4.69, 9.17) is 6.42 Å². The van der Waals surface area contributed by atoms with Crippen LogP contribution in [0.25, 0.3) is 0 Å². The molecular weight excluding hydrogens is 274 g/mol. The van der Waals surface area contributed by atoms with E-state index in [0.717, 1.165) is 12.5 Å². The zero-order valence-electron chi connectivity index (χ0n) is 14.2. The number of piperidine rings is 2.